The highest BCUT2D eigenvalue weighted by Crippen LogP contribution is 2.24. The van der Waals surface area contributed by atoms with Crippen LogP contribution >= 0.6 is 0 Å². The number of hydrogen-bond donors (Lipinski definition) is 0. The number of carbonyl (C=O) groups excluding carboxylic acids is 2. The van der Waals surface area contributed by atoms with Crippen LogP contribution in [0.3, 0.4) is 0 Å². The monoisotopic (exact) mass is 407 g/mol. The molecule has 0 bridgehead atoms. The first-order valence-corrected chi connectivity index (χ1v) is 10.4. The summed E-state index contributed by atoms with van der Waals surface area (Å²) in [4.78, 5) is 36.4. The predicted octanol–water partition coefficient (Wildman–Crippen LogP) is 1.02. The van der Waals surface area contributed by atoms with Crippen LogP contribution in [0.4, 0.5) is 5.69 Å². The number of anilines is 1. The van der Waals surface area contributed by atoms with Gasteiger partial charge in [0.05, 0.1) is 17.9 Å². The second kappa shape index (κ2) is 7.56. The van der Waals surface area contributed by atoms with Crippen LogP contribution in [0.5, 0.6) is 0 Å². The fourth-order valence-electron chi connectivity index (χ4n) is 4.44. The Kier molecular flexibility index (Phi) is 4.74. The Bertz CT molecular complexity index is 1050. The molecule has 0 spiro atoms. The summed E-state index contributed by atoms with van der Waals surface area (Å²) in [6.45, 7) is 3.31. The van der Waals surface area contributed by atoms with Crippen molar-refractivity contribution in [2.75, 3.05) is 37.6 Å². The second-order valence-corrected chi connectivity index (χ2v) is 7.94. The molecular weight excluding hydrogens is 382 g/mol. The van der Waals surface area contributed by atoms with E-state index in [0.717, 1.165) is 30.7 Å². The van der Waals surface area contributed by atoms with E-state index in [1.165, 1.54) is 0 Å². The van der Waals surface area contributed by atoms with Gasteiger partial charge in [-0.1, -0.05) is 6.07 Å². The third kappa shape index (κ3) is 3.35. The Balaban J connectivity index is 1.24. The zero-order valence-corrected chi connectivity index (χ0v) is 17.0. The molecule has 3 aromatic rings. The van der Waals surface area contributed by atoms with Gasteiger partial charge in [0.15, 0.2) is 0 Å². The third-order valence-electron chi connectivity index (χ3n) is 6.04. The summed E-state index contributed by atoms with van der Waals surface area (Å²) in [5.41, 5.74) is 2.08. The number of aromatic nitrogens is 4. The molecule has 5 rings (SSSR count). The minimum absolute atomic E-state index is 0.0506. The molecule has 3 aromatic heterocycles. The molecule has 2 amide bonds. The number of piperidine rings is 1. The van der Waals surface area contributed by atoms with Gasteiger partial charge in [-0.15, -0.1) is 0 Å². The summed E-state index contributed by atoms with van der Waals surface area (Å²) in [6, 6.07) is 5.58. The van der Waals surface area contributed by atoms with Crippen LogP contribution < -0.4 is 4.90 Å². The van der Waals surface area contributed by atoms with Gasteiger partial charge in [0.2, 0.25) is 5.91 Å². The van der Waals surface area contributed by atoms with Crippen molar-refractivity contribution in [3.63, 3.8) is 0 Å². The van der Waals surface area contributed by atoms with Crippen LogP contribution in [-0.4, -0.2) is 79.5 Å². The molecule has 2 aliphatic heterocycles. The zero-order valence-electron chi connectivity index (χ0n) is 17.0. The van der Waals surface area contributed by atoms with Crippen LogP contribution in [0, 0.1) is 0 Å². The molecule has 0 aromatic carbocycles. The molecule has 9 heteroatoms. The number of nitrogens with zero attached hydrogens (tertiary/aromatic N) is 7. The Morgan fingerprint density at radius 1 is 1.10 bits per heavy atom. The number of hydrogen-bond acceptors (Lipinski definition) is 5. The van der Waals surface area contributed by atoms with Gasteiger partial charge < -0.3 is 14.2 Å². The van der Waals surface area contributed by atoms with Crippen molar-refractivity contribution in [2.24, 2.45) is 7.05 Å². The van der Waals surface area contributed by atoms with Crippen LogP contribution in [0.25, 0.3) is 5.65 Å². The van der Waals surface area contributed by atoms with Gasteiger partial charge in [0.1, 0.15) is 11.3 Å². The van der Waals surface area contributed by atoms with Gasteiger partial charge in [-0.3, -0.25) is 19.2 Å². The molecule has 0 unspecified atom stereocenters. The van der Waals surface area contributed by atoms with Crippen LogP contribution in [0.15, 0.2) is 43.0 Å². The van der Waals surface area contributed by atoms with Crippen molar-refractivity contribution in [3.05, 3.63) is 48.7 Å². The number of aryl methyl sites for hydroxylation is 1. The van der Waals surface area contributed by atoms with E-state index in [2.05, 4.69) is 15.0 Å². The summed E-state index contributed by atoms with van der Waals surface area (Å²) >= 11 is 0. The quantitative estimate of drug-likeness (QED) is 0.648. The summed E-state index contributed by atoms with van der Waals surface area (Å²) in [7, 11) is 1.86. The summed E-state index contributed by atoms with van der Waals surface area (Å²) in [6.07, 6.45) is 9.11. The lowest BCUT2D eigenvalue weighted by atomic mass is 10.0. The normalized spacial score (nSPS) is 20.8. The van der Waals surface area contributed by atoms with E-state index >= 15 is 0 Å². The molecule has 30 heavy (non-hydrogen) atoms. The molecule has 2 saturated heterocycles. The Hall–Kier alpha value is -3.20. The molecular formula is C21H25N7O2. The number of pyridine rings is 1. The fraction of sp³-hybridized carbons (Fsp3) is 0.429. The first-order chi connectivity index (χ1) is 14.6. The summed E-state index contributed by atoms with van der Waals surface area (Å²) in [5.74, 6) is 0.0830. The molecule has 156 valence electrons. The van der Waals surface area contributed by atoms with Gasteiger partial charge in [-0.2, -0.15) is 5.10 Å². The predicted molar refractivity (Wildman–Crippen MR) is 111 cm³/mol. The third-order valence-corrected chi connectivity index (χ3v) is 6.04. The van der Waals surface area contributed by atoms with Crippen LogP contribution in [0.1, 0.15) is 23.3 Å². The minimum atomic E-state index is -0.133. The molecule has 5 heterocycles. The summed E-state index contributed by atoms with van der Waals surface area (Å²) in [5, 5.41) is 4.20. The number of fused-ring (bicyclic) bond motifs is 1. The number of carbonyl (C=O) groups is 2. The highest BCUT2D eigenvalue weighted by Gasteiger charge is 2.36. The topological polar surface area (TPSA) is 79.0 Å². The lowest BCUT2D eigenvalue weighted by Gasteiger charge is -2.42. The van der Waals surface area contributed by atoms with Gasteiger partial charge in [-0.05, 0) is 25.0 Å². The van der Waals surface area contributed by atoms with E-state index in [4.69, 9.17) is 0 Å². The van der Waals surface area contributed by atoms with Crippen molar-refractivity contribution in [1.29, 1.82) is 0 Å². The molecule has 1 atom stereocenters. The maximum atomic E-state index is 13.1. The van der Waals surface area contributed by atoms with E-state index in [-0.39, 0.29) is 17.9 Å². The molecule has 2 aliphatic rings. The highest BCUT2D eigenvalue weighted by molar-refractivity contribution is 5.97. The van der Waals surface area contributed by atoms with Gasteiger partial charge in [-0.25, -0.2) is 4.98 Å². The van der Waals surface area contributed by atoms with Gasteiger partial charge >= 0.3 is 0 Å². The maximum Gasteiger partial charge on any atom is 0.274 e. The smallest absolute Gasteiger partial charge is 0.274 e. The first kappa shape index (κ1) is 18.8. The number of rotatable bonds is 3. The second-order valence-electron chi connectivity index (χ2n) is 7.94. The van der Waals surface area contributed by atoms with Crippen molar-refractivity contribution in [2.45, 2.75) is 18.9 Å². The summed E-state index contributed by atoms with van der Waals surface area (Å²) < 4.78 is 3.58. The van der Waals surface area contributed by atoms with Crippen molar-refractivity contribution in [3.8, 4) is 0 Å². The molecule has 0 radical (unpaired) electrons. The van der Waals surface area contributed by atoms with Gasteiger partial charge in [0, 0.05) is 58.4 Å². The average molecular weight is 407 g/mol. The first-order valence-electron chi connectivity index (χ1n) is 10.4. The van der Waals surface area contributed by atoms with Crippen molar-refractivity contribution >= 4 is 23.1 Å². The Morgan fingerprint density at radius 2 is 1.93 bits per heavy atom. The minimum Gasteiger partial charge on any atom is -0.335 e. The maximum absolute atomic E-state index is 13.1. The number of imidazole rings is 1. The van der Waals surface area contributed by atoms with E-state index in [1.807, 2.05) is 51.8 Å². The molecule has 0 N–H and O–H groups in total. The van der Waals surface area contributed by atoms with E-state index in [0.29, 0.717) is 31.9 Å². The van der Waals surface area contributed by atoms with E-state index in [1.54, 1.807) is 17.1 Å². The van der Waals surface area contributed by atoms with Crippen molar-refractivity contribution < 1.29 is 9.59 Å². The Labute approximate surface area is 174 Å². The Morgan fingerprint density at radius 3 is 2.67 bits per heavy atom. The standard InChI is InChI=1S/C21H25N7O2/c1-24-14-16(13-22-24)28-8-4-5-18(21(28)30)25-9-11-26(12-10-25)20(29)17-15-27-7-3-2-6-19(27)23-17/h2-3,6-7,13-15,18H,4-5,8-12H2,1H3/t18-/m1/s1. The lowest BCUT2D eigenvalue weighted by Crippen LogP contribution is -2.58. The average Bonchev–Trinajstić information content (AvgIpc) is 3.40. The number of amides is 2. The SMILES string of the molecule is Cn1cc(N2CCC[C@@H](N3CCN(C(=O)c4cn5ccccc5n4)CC3)C2=O)cn1. The molecule has 0 aliphatic carbocycles. The fourth-order valence-corrected chi connectivity index (χ4v) is 4.44. The lowest BCUT2D eigenvalue weighted by molar-refractivity contribution is -0.126. The van der Waals surface area contributed by atoms with Crippen molar-refractivity contribution in [1.82, 2.24) is 29.0 Å². The van der Waals surface area contributed by atoms with E-state index in [9.17, 15) is 9.59 Å². The largest absolute Gasteiger partial charge is 0.335 e. The van der Waals surface area contributed by atoms with Crippen LogP contribution in [0.2, 0.25) is 0 Å². The number of piperazine rings is 1. The van der Waals surface area contributed by atoms with E-state index < -0.39 is 0 Å². The highest BCUT2D eigenvalue weighted by atomic mass is 16.2. The van der Waals surface area contributed by atoms with Crippen LogP contribution in [-0.2, 0) is 11.8 Å². The molecule has 0 saturated carbocycles. The zero-order chi connectivity index (χ0) is 20.7. The van der Waals surface area contributed by atoms with Gasteiger partial charge in [0.25, 0.3) is 5.91 Å². The molecule has 2 fully saturated rings. The molecule has 9 nitrogen and oxygen atoms in total.